The molecule has 0 spiro atoms. The molecule has 0 fully saturated rings. The summed E-state index contributed by atoms with van der Waals surface area (Å²) in [7, 11) is 0. The van der Waals surface area contributed by atoms with Gasteiger partial charge in [0.1, 0.15) is 11.2 Å². The summed E-state index contributed by atoms with van der Waals surface area (Å²) >= 11 is 0. The van der Waals surface area contributed by atoms with Crippen molar-refractivity contribution in [3.63, 3.8) is 0 Å². The maximum atomic E-state index is 6.84. The van der Waals surface area contributed by atoms with Crippen molar-refractivity contribution >= 4 is 87.1 Å². The topological polar surface area (TPSA) is 61.7 Å². The van der Waals surface area contributed by atoms with Crippen LogP contribution in [-0.4, -0.2) is 24.1 Å². The van der Waals surface area contributed by atoms with Crippen LogP contribution in [0.1, 0.15) is 0 Å². The molecule has 0 saturated heterocycles. The van der Waals surface area contributed by atoms with Crippen LogP contribution in [0.5, 0.6) is 0 Å². The van der Waals surface area contributed by atoms with Crippen LogP contribution in [-0.2, 0) is 0 Å². The standard InChI is InChI=1S/C65H39N5O/c1-3-17-40(18-4-1)63-66-64(44-31-33-50-48-25-11-14-28-56(48)69(58(50)38-44)45-22-5-2-6-23-45)68-65(67-63)51-34-32-46(70-57-29-15-12-26-49(57)54-35-41-19-7-8-20-42(41)37-59(54)70)39-53(51)55-36-43-21-9-10-24-47(43)62-61(55)52-27-13-16-30-60(52)71-62/h1-39H. The summed E-state index contributed by atoms with van der Waals surface area (Å²) in [6.07, 6.45) is 0. The molecule has 0 saturated carbocycles. The van der Waals surface area contributed by atoms with Crippen LogP contribution in [0.3, 0.4) is 0 Å². The SMILES string of the molecule is c1ccc(-c2nc(-c3ccc4c5ccccc5n(-c5ccccc5)c4c3)nc(-c3ccc(-n4c5ccccc5c5cc6ccccc6cc54)cc3-c3cc4ccccc4c4oc5ccccc5c34)n2)cc1. The van der Waals surface area contributed by atoms with Crippen molar-refractivity contribution in [3.8, 4) is 56.7 Å². The number of fused-ring (bicyclic) bond motifs is 12. The van der Waals surface area contributed by atoms with E-state index in [0.717, 1.165) is 99.4 Å². The predicted molar refractivity (Wildman–Crippen MR) is 293 cm³/mol. The first-order chi connectivity index (χ1) is 35.2. The molecule has 11 aromatic carbocycles. The fraction of sp³-hybridized carbons (Fsp3) is 0. The lowest BCUT2D eigenvalue weighted by Gasteiger charge is -2.17. The van der Waals surface area contributed by atoms with Gasteiger partial charge in [-0.25, -0.2) is 15.0 Å². The molecule has 0 aliphatic rings. The molecule has 15 rings (SSSR count). The lowest BCUT2D eigenvalue weighted by molar-refractivity contribution is 0.673. The van der Waals surface area contributed by atoms with Crippen molar-refractivity contribution in [1.29, 1.82) is 0 Å². The zero-order valence-electron chi connectivity index (χ0n) is 38.2. The average molecular weight is 906 g/mol. The van der Waals surface area contributed by atoms with Crippen molar-refractivity contribution in [1.82, 2.24) is 24.1 Å². The van der Waals surface area contributed by atoms with Gasteiger partial charge in [0.15, 0.2) is 17.5 Å². The number of aromatic nitrogens is 5. The molecule has 0 bridgehead atoms. The van der Waals surface area contributed by atoms with Crippen molar-refractivity contribution in [2.45, 2.75) is 0 Å². The molecule has 4 aromatic heterocycles. The Morgan fingerprint density at radius 2 is 0.859 bits per heavy atom. The van der Waals surface area contributed by atoms with Crippen LogP contribution in [0.25, 0.3) is 144 Å². The third-order valence-corrected chi connectivity index (χ3v) is 14.3. The number of para-hydroxylation sites is 4. The van der Waals surface area contributed by atoms with Crippen molar-refractivity contribution in [2.24, 2.45) is 0 Å². The molecule has 0 aliphatic heterocycles. The van der Waals surface area contributed by atoms with E-state index in [1.165, 1.54) is 26.9 Å². The van der Waals surface area contributed by atoms with E-state index in [1.54, 1.807) is 0 Å². The van der Waals surface area contributed by atoms with Crippen LogP contribution in [0.15, 0.2) is 241 Å². The summed E-state index contributed by atoms with van der Waals surface area (Å²) in [5, 5.41) is 11.4. The molecule has 4 heterocycles. The van der Waals surface area contributed by atoms with Gasteiger partial charge in [0.25, 0.3) is 0 Å². The van der Waals surface area contributed by atoms with Crippen LogP contribution in [0.4, 0.5) is 0 Å². The Bertz CT molecular complexity index is 4640. The normalized spacial score (nSPS) is 11.9. The van der Waals surface area contributed by atoms with Gasteiger partial charge in [-0.1, -0.05) is 164 Å². The number of nitrogens with zero attached hydrogens (tertiary/aromatic N) is 5. The molecule has 0 N–H and O–H groups in total. The summed E-state index contributed by atoms with van der Waals surface area (Å²) < 4.78 is 11.6. The van der Waals surface area contributed by atoms with Crippen LogP contribution in [0, 0.1) is 0 Å². The van der Waals surface area contributed by atoms with Crippen LogP contribution in [0.2, 0.25) is 0 Å². The summed E-state index contributed by atoms with van der Waals surface area (Å²) in [6, 6.07) is 83.9. The minimum atomic E-state index is 0.571. The lowest BCUT2D eigenvalue weighted by atomic mass is 9.91. The number of benzene rings is 11. The summed E-state index contributed by atoms with van der Waals surface area (Å²) in [4.78, 5) is 16.2. The second kappa shape index (κ2) is 15.4. The van der Waals surface area contributed by atoms with E-state index in [2.05, 4.69) is 221 Å². The lowest BCUT2D eigenvalue weighted by Crippen LogP contribution is -2.02. The number of rotatable bonds is 6. The first-order valence-corrected chi connectivity index (χ1v) is 24.0. The van der Waals surface area contributed by atoms with E-state index < -0.39 is 0 Å². The molecule has 0 unspecified atom stereocenters. The number of hydrogen-bond donors (Lipinski definition) is 0. The Balaban J connectivity index is 1.04. The maximum Gasteiger partial charge on any atom is 0.164 e. The Morgan fingerprint density at radius 3 is 1.63 bits per heavy atom. The largest absolute Gasteiger partial charge is 0.455 e. The molecule has 0 amide bonds. The quantitative estimate of drug-likeness (QED) is 0.167. The van der Waals surface area contributed by atoms with Gasteiger partial charge in [-0.15, -0.1) is 0 Å². The molecule has 330 valence electrons. The van der Waals surface area contributed by atoms with Crippen molar-refractivity contribution < 1.29 is 4.42 Å². The Hall–Kier alpha value is -9.65. The highest BCUT2D eigenvalue weighted by atomic mass is 16.3. The highest BCUT2D eigenvalue weighted by molar-refractivity contribution is 6.22. The smallest absolute Gasteiger partial charge is 0.164 e. The maximum absolute atomic E-state index is 6.84. The Kier molecular flexibility index (Phi) is 8.56. The van der Waals surface area contributed by atoms with Gasteiger partial charge in [-0.3, -0.25) is 0 Å². The van der Waals surface area contributed by atoms with Crippen LogP contribution < -0.4 is 0 Å². The van der Waals surface area contributed by atoms with E-state index in [9.17, 15) is 0 Å². The minimum absolute atomic E-state index is 0.571. The molecule has 15 aromatic rings. The van der Waals surface area contributed by atoms with Crippen molar-refractivity contribution in [2.75, 3.05) is 0 Å². The van der Waals surface area contributed by atoms with E-state index in [-0.39, 0.29) is 0 Å². The molecule has 0 aliphatic carbocycles. The molecular formula is C65H39N5O. The number of hydrogen-bond acceptors (Lipinski definition) is 4. The van der Waals surface area contributed by atoms with Gasteiger partial charge in [-0.2, -0.15) is 0 Å². The first-order valence-electron chi connectivity index (χ1n) is 24.0. The van der Waals surface area contributed by atoms with Gasteiger partial charge in [-0.05, 0) is 100 Å². The first kappa shape index (κ1) is 39.4. The van der Waals surface area contributed by atoms with E-state index in [0.29, 0.717) is 17.5 Å². The fourth-order valence-electron chi connectivity index (χ4n) is 11.1. The van der Waals surface area contributed by atoms with E-state index >= 15 is 0 Å². The Morgan fingerprint density at radius 1 is 0.296 bits per heavy atom. The van der Waals surface area contributed by atoms with Gasteiger partial charge in [0.2, 0.25) is 0 Å². The highest BCUT2D eigenvalue weighted by Crippen LogP contribution is 2.46. The van der Waals surface area contributed by atoms with Gasteiger partial charge in [0, 0.05) is 65.8 Å². The molecule has 71 heavy (non-hydrogen) atoms. The van der Waals surface area contributed by atoms with E-state index in [4.69, 9.17) is 19.4 Å². The van der Waals surface area contributed by atoms with Crippen molar-refractivity contribution in [3.05, 3.63) is 237 Å². The van der Waals surface area contributed by atoms with Crippen LogP contribution >= 0.6 is 0 Å². The third kappa shape index (κ3) is 6.11. The van der Waals surface area contributed by atoms with E-state index in [1.807, 2.05) is 24.3 Å². The molecule has 0 atom stereocenters. The predicted octanol–water partition coefficient (Wildman–Crippen LogP) is 16.9. The summed E-state index contributed by atoms with van der Waals surface area (Å²) in [6.45, 7) is 0. The number of furan rings is 1. The molecule has 6 nitrogen and oxygen atoms in total. The summed E-state index contributed by atoms with van der Waals surface area (Å²) in [5.74, 6) is 1.75. The minimum Gasteiger partial charge on any atom is -0.455 e. The van der Waals surface area contributed by atoms with Gasteiger partial charge in [0.05, 0.1) is 22.1 Å². The van der Waals surface area contributed by atoms with Gasteiger partial charge < -0.3 is 13.6 Å². The second-order valence-corrected chi connectivity index (χ2v) is 18.3. The summed E-state index contributed by atoms with van der Waals surface area (Å²) in [5.41, 5.74) is 13.0. The molecule has 0 radical (unpaired) electrons. The Labute approximate surface area is 407 Å². The monoisotopic (exact) mass is 905 g/mol. The second-order valence-electron chi connectivity index (χ2n) is 18.3. The molecular weight excluding hydrogens is 867 g/mol. The third-order valence-electron chi connectivity index (χ3n) is 14.3. The highest BCUT2D eigenvalue weighted by Gasteiger charge is 2.24. The zero-order chi connectivity index (χ0) is 46.6. The molecule has 6 heteroatoms. The average Bonchev–Trinajstić information content (AvgIpc) is 4.10. The van der Waals surface area contributed by atoms with Gasteiger partial charge >= 0.3 is 0 Å². The fourth-order valence-corrected chi connectivity index (χ4v) is 11.1. The zero-order valence-corrected chi connectivity index (χ0v) is 38.2.